The SMILES string of the molecule is Cc1ccc(SCC(N)Cc2ccccc2Br)cc1. The molecule has 3 heteroatoms. The first-order chi connectivity index (χ1) is 9.15. The van der Waals surface area contributed by atoms with Crippen LogP contribution < -0.4 is 5.73 Å². The van der Waals surface area contributed by atoms with E-state index in [-0.39, 0.29) is 6.04 Å². The van der Waals surface area contributed by atoms with Crippen LogP contribution in [0.3, 0.4) is 0 Å². The summed E-state index contributed by atoms with van der Waals surface area (Å²) in [6.45, 7) is 2.10. The Labute approximate surface area is 127 Å². The average Bonchev–Trinajstić information content (AvgIpc) is 2.41. The fourth-order valence-corrected chi connectivity index (χ4v) is 3.14. The Morgan fingerprint density at radius 1 is 1.11 bits per heavy atom. The Hall–Kier alpha value is -0.770. The zero-order valence-electron chi connectivity index (χ0n) is 11.0. The van der Waals surface area contributed by atoms with Crippen molar-refractivity contribution >= 4 is 27.7 Å². The molecular weight excluding hydrogens is 318 g/mol. The van der Waals surface area contributed by atoms with Crippen LogP contribution in [0.15, 0.2) is 57.9 Å². The van der Waals surface area contributed by atoms with Gasteiger partial charge in [0.1, 0.15) is 0 Å². The highest BCUT2D eigenvalue weighted by molar-refractivity contribution is 9.10. The summed E-state index contributed by atoms with van der Waals surface area (Å²) in [5.74, 6) is 0.935. The molecule has 0 bridgehead atoms. The van der Waals surface area contributed by atoms with E-state index in [0.29, 0.717) is 0 Å². The van der Waals surface area contributed by atoms with Crippen LogP contribution in [0.4, 0.5) is 0 Å². The van der Waals surface area contributed by atoms with Gasteiger partial charge in [0.2, 0.25) is 0 Å². The fourth-order valence-electron chi connectivity index (χ4n) is 1.84. The maximum Gasteiger partial charge on any atom is 0.0207 e. The van der Waals surface area contributed by atoms with Gasteiger partial charge in [-0.25, -0.2) is 0 Å². The summed E-state index contributed by atoms with van der Waals surface area (Å²) in [5.41, 5.74) is 8.78. The predicted molar refractivity (Wildman–Crippen MR) is 87.7 cm³/mol. The van der Waals surface area contributed by atoms with Crippen molar-refractivity contribution in [2.45, 2.75) is 24.3 Å². The van der Waals surface area contributed by atoms with Gasteiger partial charge < -0.3 is 5.73 Å². The highest BCUT2D eigenvalue weighted by Crippen LogP contribution is 2.21. The molecule has 0 aromatic heterocycles. The van der Waals surface area contributed by atoms with Crippen molar-refractivity contribution in [1.82, 2.24) is 0 Å². The average molecular weight is 336 g/mol. The minimum absolute atomic E-state index is 0.171. The molecule has 0 heterocycles. The third-order valence-electron chi connectivity index (χ3n) is 2.92. The second-order valence-electron chi connectivity index (χ2n) is 4.68. The molecule has 0 saturated heterocycles. The first-order valence-corrected chi connectivity index (χ1v) is 8.11. The zero-order valence-corrected chi connectivity index (χ0v) is 13.4. The van der Waals surface area contributed by atoms with Gasteiger partial charge in [0.25, 0.3) is 0 Å². The smallest absolute Gasteiger partial charge is 0.0207 e. The number of halogens is 1. The lowest BCUT2D eigenvalue weighted by atomic mass is 10.1. The van der Waals surface area contributed by atoms with E-state index >= 15 is 0 Å². The molecule has 1 atom stereocenters. The van der Waals surface area contributed by atoms with Crippen LogP contribution in [0.25, 0.3) is 0 Å². The van der Waals surface area contributed by atoms with Gasteiger partial charge in [-0.15, -0.1) is 11.8 Å². The summed E-state index contributed by atoms with van der Waals surface area (Å²) in [6, 6.07) is 17.0. The molecule has 0 aliphatic rings. The quantitative estimate of drug-likeness (QED) is 0.818. The van der Waals surface area contributed by atoms with Crippen LogP contribution >= 0.6 is 27.7 Å². The lowest BCUT2D eigenvalue weighted by molar-refractivity contribution is 0.746. The molecule has 2 rings (SSSR count). The van der Waals surface area contributed by atoms with E-state index in [9.17, 15) is 0 Å². The summed E-state index contributed by atoms with van der Waals surface area (Å²) < 4.78 is 1.14. The van der Waals surface area contributed by atoms with Gasteiger partial charge in [-0.1, -0.05) is 51.8 Å². The van der Waals surface area contributed by atoms with Gasteiger partial charge in [-0.3, -0.25) is 0 Å². The molecule has 0 aliphatic heterocycles. The summed E-state index contributed by atoms with van der Waals surface area (Å²) >= 11 is 5.39. The molecule has 2 aromatic rings. The Balaban J connectivity index is 1.86. The molecule has 0 radical (unpaired) electrons. The van der Waals surface area contributed by atoms with E-state index < -0.39 is 0 Å². The molecule has 2 N–H and O–H groups in total. The molecule has 1 nitrogen and oxygen atoms in total. The van der Waals surface area contributed by atoms with Gasteiger partial charge in [0.15, 0.2) is 0 Å². The lowest BCUT2D eigenvalue weighted by Gasteiger charge is -2.12. The first-order valence-electron chi connectivity index (χ1n) is 6.33. The van der Waals surface area contributed by atoms with Crippen LogP contribution in [0.5, 0.6) is 0 Å². The zero-order chi connectivity index (χ0) is 13.7. The maximum atomic E-state index is 6.21. The predicted octanol–water partition coefficient (Wildman–Crippen LogP) is 4.42. The van der Waals surface area contributed by atoms with Gasteiger partial charge in [-0.2, -0.15) is 0 Å². The van der Waals surface area contributed by atoms with Crippen molar-refractivity contribution in [2.24, 2.45) is 5.73 Å². The molecule has 0 amide bonds. The minimum atomic E-state index is 0.171. The van der Waals surface area contributed by atoms with E-state index in [4.69, 9.17) is 5.73 Å². The summed E-state index contributed by atoms with van der Waals surface area (Å²) in [5, 5.41) is 0. The van der Waals surface area contributed by atoms with E-state index in [1.807, 2.05) is 17.8 Å². The van der Waals surface area contributed by atoms with Crippen LogP contribution in [-0.4, -0.2) is 11.8 Å². The number of hydrogen-bond donors (Lipinski definition) is 1. The number of nitrogens with two attached hydrogens (primary N) is 1. The van der Waals surface area contributed by atoms with Crippen molar-refractivity contribution in [3.8, 4) is 0 Å². The molecule has 0 fully saturated rings. The van der Waals surface area contributed by atoms with Crippen molar-refractivity contribution in [2.75, 3.05) is 5.75 Å². The highest BCUT2D eigenvalue weighted by atomic mass is 79.9. The third-order valence-corrected chi connectivity index (χ3v) is 4.90. The highest BCUT2D eigenvalue weighted by Gasteiger charge is 2.07. The largest absolute Gasteiger partial charge is 0.327 e. The second kappa shape index (κ2) is 7.13. The van der Waals surface area contributed by atoms with Gasteiger partial charge in [-0.05, 0) is 37.1 Å². The topological polar surface area (TPSA) is 26.0 Å². The monoisotopic (exact) mass is 335 g/mol. The standard InChI is InChI=1S/C16H18BrNS/c1-12-6-8-15(9-7-12)19-11-14(18)10-13-4-2-3-5-16(13)17/h2-9,14H,10-11,18H2,1H3. The van der Waals surface area contributed by atoms with Crippen LogP contribution in [0.2, 0.25) is 0 Å². The van der Waals surface area contributed by atoms with Crippen LogP contribution in [0, 0.1) is 6.92 Å². The molecule has 2 aromatic carbocycles. The molecule has 19 heavy (non-hydrogen) atoms. The maximum absolute atomic E-state index is 6.21. The Kier molecular flexibility index (Phi) is 5.49. The van der Waals surface area contributed by atoms with E-state index in [1.54, 1.807) is 0 Å². The van der Waals surface area contributed by atoms with Gasteiger partial charge in [0.05, 0.1) is 0 Å². The minimum Gasteiger partial charge on any atom is -0.327 e. The number of aryl methyl sites for hydroxylation is 1. The van der Waals surface area contributed by atoms with Crippen molar-refractivity contribution in [1.29, 1.82) is 0 Å². The number of hydrogen-bond acceptors (Lipinski definition) is 2. The normalized spacial score (nSPS) is 12.4. The summed E-state index contributed by atoms with van der Waals surface area (Å²) in [7, 11) is 0. The molecule has 1 unspecified atom stereocenters. The Morgan fingerprint density at radius 2 is 1.79 bits per heavy atom. The number of rotatable bonds is 5. The van der Waals surface area contributed by atoms with Crippen molar-refractivity contribution in [3.63, 3.8) is 0 Å². The molecule has 0 saturated carbocycles. The molecule has 100 valence electrons. The van der Waals surface area contributed by atoms with Crippen LogP contribution in [-0.2, 0) is 6.42 Å². The van der Waals surface area contributed by atoms with E-state index in [0.717, 1.165) is 16.6 Å². The molecule has 0 spiro atoms. The number of benzene rings is 2. The fraction of sp³-hybridized carbons (Fsp3) is 0.250. The number of thioether (sulfide) groups is 1. The van der Waals surface area contributed by atoms with Crippen LogP contribution in [0.1, 0.15) is 11.1 Å². The molecule has 0 aliphatic carbocycles. The Morgan fingerprint density at radius 3 is 2.47 bits per heavy atom. The van der Waals surface area contributed by atoms with E-state index in [2.05, 4.69) is 65.3 Å². The Bertz CT molecular complexity index is 525. The van der Waals surface area contributed by atoms with E-state index in [1.165, 1.54) is 16.0 Å². The van der Waals surface area contributed by atoms with Crippen molar-refractivity contribution in [3.05, 3.63) is 64.1 Å². The van der Waals surface area contributed by atoms with Gasteiger partial charge in [0, 0.05) is 21.2 Å². The van der Waals surface area contributed by atoms with Crippen molar-refractivity contribution < 1.29 is 0 Å². The second-order valence-corrected chi connectivity index (χ2v) is 6.63. The summed E-state index contributed by atoms with van der Waals surface area (Å²) in [4.78, 5) is 1.29. The third kappa shape index (κ3) is 4.68. The van der Waals surface area contributed by atoms with Gasteiger partial charge >= 0.3 is 0 Å². The lowest BCUT2D eigenvalue weighted by Crippen LogP contribution is -2.25. The molecular formula is C16H18BrNS. The first kappa shape index (κ1) is 14.6. The summed E-state index contributed by atoms with van der Waals surface area (Å²) in [6.07, 6.45) is 0.903.